The predicted molar refractivity (Wildman–Crippen MR) is 147 cm³/mol. The standard InChI is InChI=1S/C31H34F6N2O4/c1-17-27(19-12-21(30(32,33)34)14-22(13-19)31(35,36)37)43-28(41)39(17)16-20-15-29(2,3)10-9-23(20)24-11-18(6-8-26(38)40)5-7-25(24)42-4/h5,7,11-14,17,27H,6,8-10,15-16H2,1-4H3,(H2,38,40)/t17-,27-/m0/s1. The first-order valence-corrected chi connectivity index (χ1v) is 13.8. The van der Waals surface area contributed by atoms with Crippen molar-refractivity contribution in [3.8, 4) is 5.75 Å². The minimum atomic E-state index is -5.03. The van der Waals surface area contributed by atoms with E-state index in [1.807, 2.05) is 12.1 Å². The number of methoxy groups -OCH3 is 1. The van der Waals surface area contributed by atoms with E-state index in [1.165, 1.54) is 12.0 Å². The van der Waals surface area contributed by atoms with Crippen LogP contribution >= 0.6 is 0 Å². The van der Waals surface area contributed by atoms with Crippen LogP contribution in [0.1, 0.15) is 80.4 Å². The van der Waals surface area contributed by atoms with Crippen LogP contribution in [0.4, 0.5) is 31.1 Å². The van der Waals surface area contributed by atoms with Gasteiger partial charge in [-0.25, -0.2) is 4.79 Å². The number of carbonyl (C=O) groups excluding carboxylic acids is 2. The van der Waals surface area contributed by atoms with Gasteiger partial charge in [0.1, 0.15) is 11.9 Å². The Hall–Kier alpha value is -3.70. The van der Waals surface area contributed by atoms with E-state index in [2.05, 4.69) is 13.8 Å². The molecule has 1 fully saturated rings. The molecule has 2 aromatic carbocycles. The monoisotopic (exact) mass is 612 g/mol. The van der Waals surface area contributed by atoms with E-state index in [0.717, 1.165) is 28.7 Å². The number of hydrogen-bond donors (Lipinski definition) is 1. The largest absolute Gasteiger partial charge is 0.496 e. The Balaban J connectivity index is 1.73. The van der Waals surface area contributed by atoms with Gasteiger partial charge in [0.15, 0.2) is 0 Å². The zero-order valence-electron chi connectivity index (χ0n) is 24.3. The highest BCUT2D eigenvalue weighted by Gasteiger charge is 2.44. The van der Waals surface area contributed by atoms with Gasteiger partial charge in [-0.15, -0.1) is 0 Å². The van der Waals surface area contributed by atoms with Crippen molar-refractivity contribution >= 4 is 17.6 Å². The molecule has 1 heterocycles. The van der Waals surface area contributed by atoms with Crippen molar-refractivity contribution in [3.63, 3.8) is 0 Å². The highest BCUT2D eigenvalue weighted by Crippen LogP contribution is 2.46. The first-order chi connectivity index (χ1) is 19.9. The number of aryl methyl sites for hydroxylation is 1. The summed E-state index contributed by atoms with van der Waals surface area (Å²) in [7, 11) is 1.53. The molecule has 1 aliphatic carbocycles. The Bertz CT molecular complexity index is 1400. The van der Waals surface area contributed by atoms with Crippen LogP contribution in [0.3, 0.4) is 0 Å². The van der Waals surface area contributed by atoms with E-state index < -0.39 is 47.6 Å². The van der Waals surface area contributed by atoms with Crippen molar-refractivity contribution in [1.29, 1.82) is 0 Å². The Kier molecular flexibility index (Phi) is 8.82. The van der Waals surface area contributed by atoms with Gasteiger partial charge in [-0.3, -0.25) is 9.69 Å². The number of alkyl halides is 6. The van der Waals surface area contributed by atoms with Crippen LogP contribution in [0, 0.1) is 5.41 Å². The molecule has 0 bridgehead atoms. The summed E-state index contributed by atoms with van der Waals surface area (Å²) >= 11 is 0. The quantitative estimate of drug-likeness (QED) is 0.310. The summed E-state index contributed by atoms with van der Waals surface area (Å²) in [5.74, 6) is 0.157. The van der Waals surface area contributed by atoms with E-state index in [4.69, 9.17) is 15.2 Å². The van der Waals surface area contributed by atoms with E-state index in [-0.39, 0.29) is 30.0 Å². The van der Waals surface area contributed by atoms with Crippen LogP contribution in [-0.4, -0.2) is 36.6 Å². The fourth-order valence-corrected chi connectivity index (χ4v) is 5.81. The molecule has 0 spiro atoms. The number of benzene rings is 2. The van der Waals surface area contributed by atoms with Crippen molar-refractivity contribution < 1.29 is 45.4 Å². The Morgan fingerprint density at radius 1 is 1.07 bits per heavy atom. The maximum absolute atomic E-state index is 13.5. The summed E-state index contributed by atoms with van der Waals surface area (Å²) < 4.78 is 92.1. The molecule has 0 saturated carbocycles. The van der Waals surface area contributed by atoms with Crippen molar-refractivity contribution in [2.45, 2.75) is 77.4 Å². The van der Waals surface area contributed by atoms with Gasteiger partial charge < -0.3 is 15.2 Å². The van der Waals surface area contributed by atoms with E-state index in [9.17, 15) is 35.9 Å². The summed E-state index contributed by atoms with van der Waals surface area (Å²) in [6.45, 7) is 5.78. The number of halogens is 6. The van der Waals surface area contributed by atoms with Crippen LogP contribution in [0.15, 0.2) is 42.0 Å². The zero-order chi connectivity index (χ0) is 31.9. The number of nitrogens with two attached hydrogens (primary N) is 1. The van der Waals surface area contributed by atoms with Crippen LogP contribution < -0.4 is 10.5 Å². The Labute approximate surface area is 245 Å². The SMILES string of the molecule is COc1ccc(CCC(N)=O)cc1C1=C(CN2C(=O)O[C@H](c3cc(C(F)(F)F)cc(C(F)(F)F)c3)[C@@H]2C)CC(C)(C)CC1. The Morgan fingerprint density at radius 2 is 1.70 bits per heavy atom. The maximum atomic E-state index is 13.5. The molecule has 1 saturated heterocycles. The lowest BCUT2D eigenvalue weighted by molar-refractivity contribution is -0.143. The summed E-state index contributed by atoms with van der Waals surface area (Å²) in [6, 6.07) is 5.95. The number of hydrogen-bond acceptors (Lipinski definition) is 4. The Morgan fingerprint density at radius 3 is 2.26 bits per heavy atom. The fourth-order valence-electron chi connectivity index (χ4n) is 5.81. The summed E-state index contributed by atoms with van der Waals surface area (Å²) in [5.41, 5.74) is 5.33. The van der Waals surface area contributed by atoms with Gasteiger partial charge in [0.2, 0.25) is 5.91 Å². The number of nitrogens with zero attached hydrogens (tertiary/aromatic N) is 1. The fraction of sp³-hybridized carbons (Fsp3) is 0.484. The molecule has 1 aliphatic heterocycles. The van der Waals surface area contributed by atoms with Crippen LogP contribution in [0.25, 0.3) is 5.57 Å². The first kappa shape index (κ1) is 32.2. The molecule has 4 rings (SSSR count). The van der Waals surface area contributed by atoms with Crippen LogP contribution in [0.2, 0.25) is 0 Å². The summed E-state index contributed by atoms with van der Waals surface area (Å²) in [6.07, 6.45) is -9.60. The number of ether oxygens (including phenoxy) is 2. The second-order valence-corrected chi connectivity index (χ2v) is 11.9. The molecular formula is C31H34F6N2O4. The van der Waals surface area contributed by atoms with Gasteiger partial charge in [-0.1, -0.05) is 19.9 Å². The molecule has 2 atom stereocenters. The molecular weight excluding hydrogens is 578 g/mol. The van der Waals surface area contributed by atoms with Gasteiger partial charge in [0.25, 0.3) is 0 Å². The number of amides is 2. The average Bonchev–Trinajstić information content (AvgIpc) is 3.18. The van der Waals surface area contributed by atoms with Gasteiger partial charge in [0.05, 0.1) is 24.3 Å². The molecule has 2 aliphatic rings. The number of allylic oxidation sites excluding steroid dienone is 1. The number of cyclic esters (lactones) is 1. The van der Waals surface area contributed by atoms with E-state index in [1.54, 1.807) is 13.0 Å². The van der Waals surface area contributed by atoms with Crippen LogP contribution in [-0.2, 0) is 28.3 Å². The lowest BCUT2D eigenvalue weighted by atomic mass is 9.72. The number of rotatable bonds is 8. The van der Waals surface area contributed by atoms with E-state index >= 15 is 0 Å². The normalized spacial score (nSPS) is 20.8. The average molecular weight is 613 g/mol. The third-order valence-corrected chi connectivity index (χ3v) is 8.11. The first-order valence-electron chi connectivity index (χ1n) is 13.8. The third-order valence-electron chi connectivity index (χ3n) is 8.11. The van der Waals surface area contributed by atoms with Gasteiger partial charge in [-0.2, -0.15) is 26.3 Å². The zero-order valence-corrected chi connectivity index (χ0v) is 24.3. The highest BCUT2D eigenvalue weighted by molar-refractivity contribution is 5.77. The molecule has 2 aromatic rings. The van der Waals surface area contributed by atoms with Crippen molar-refractivity contribution in [2.24, 2.45) is 11.1 Å². The highest BCUT2D eigenvalue weighted by atomic mass is 19.4. The summed E-state index contributed by atoms with van der Waals surface area (Å²) in [4.78, 5) is 25.8. The van der Waals surface area contributed by atoms with E-state index in [0.29, 0.717) is 37.1 Å². The lowest BCUT2D eigenvalue weighted by Gasteiger charge is -2.36. The molecule has 43 heavy (non-hydrogen) atoms. The second kappa shape index (κ2) is 11.8. The smallest absolute Gasteiger partial charge is 0.416 e. The molecule has 2 amide bonds. The van der Waals surface area contributed by atoms with Crippen molar-refractivity contribution in [1.82, 2.24) is 4.90 Å². The molecule has 0 unspecified atom stereocenters. The molecule has 6 nitrogen and oxygen atoms in total. The third kappa shape index (κ3) is 7.27. The lowest BCUT2D eigenvalue weighted by Crippen LogP contribution is -2.35. The minimum absolute atomic E-state index is 0.0504. The number of carbonyl (C=O) groups is 2. The van der Waals surface area contributed by atoms with Gasteiger partial charge in [0, 0.05) is 18.5 Å². The molecule has 2 N–H and O–H groups in total. The molecule has 234 valence electrons. The minimum Gasteiger partial charge on any atom is -0.496 e. The van der Waals surface area contributed by atoms with Crippen LogP contribution in [0.5, 0.6) is 5.75 Å². The van der Waals surface area contributed by atoms with Gasteiger partial charge in [-0.05, 0) is 90.6 Å². The maximum Gasteiger partial charge on any atom is 0.416 e. The van der Waals surface area contributed by atoms with Crippen molar-refractivity contribution in [3.05, 3.63) is 69.8 Å². The van der Waals surface area contributed by atoms with Crippen molar-refractivity contribution in [2.75, 3.05) is 13.7 Å². The number of primary amides is 1. The molecule has 12 heteroatoms. The molecule has 0 radical (unpaired) electrons. The topological polar surface area (TPSA) is 81.9 Å². The predicted octanol–water partition coefficient (Wildman–Crippen LogP) is 7.70. The second-order valence-electron chi connectivity index (χ2n) is 11.9. The van der Waals surface area contributed by atoms with Gasteiger partial charge >= 0.3 is 18.4 Å². The molecule has 0 aromatic heterocycles. The summed E-state index contributed by atoms with van der Waals surface area (Å²) in [5, 5.41) is 0.